The maximum atomic E-state index is 11.8. The number of sulfonamides is 1. The Morgan fingerprint density at radius 3 is 2.41 bits per heavy atom. The van der Waals surface area contributed by atoms with Gasteiger partial charge >= 0.3 is 0 Å². The van der Waals surface area contributed by atoms with Crippen molar-refractivity contribution in [2.24, 2.45) is 5.14 Å². The van der Waals surface area contributed by atoms with Crippen LogP contribution in [-0.4, -0.2) is 32.2 Å². The third-order valence-corrected chi connectivity index (χ3v) is 4.86. The number of rotatable bonds is 9. The van der Waals surface area contributed by atoms with Gasteiger partial charge in [-0.3, -0.25) is 9.59 Å². The van der Waals surface area contributed by atoms with Crippen LogP contribution in [0, 0.1) is 0 Å². The molecule has 0 atom stereocenters. The van der Waals surface area contributed by atoms with Crippen molar-refractivity contribution >= 4 is 33.0 Å². The van der Waals surface area contributed by atoms with E-state index in [1.807, 2.05) is 13.8 Å². The van der Waals surface area contributed by atoms with Crippen LogP contribution in [0.2, 0.25) is 0 Å². The molecule has 5 N–H and O–H groups in total. The van der Waals surface area contributed by atoms with E-state index in [0.29, 0.717) is 0 Å². The summed E-state index contributed by atoms with van der Waals surface area (Å²) in [6, 6.07) is 2.74. The highest BCUT2D eigenvalue weighted by Gasteiger charge is 2.24. The summed E-state index contributed by atoms with van der Waals surface area (Å²) in [7, 11) is -4.21. The first kappa shape index (κ1) is 21.0. The highest BCUT2D eigenvalue weighted by Crippen LogP contribution is 2.35. The van der Waals surface area contributed by atoms with Crippen molar-refractivity contribution in [3.8, 4) is 11.5 Å². The molecule has 9 nitrogen and oxygen atoms in total. The van der Waals surface area contributed by atoms with Crippen molar-refractivity contribution in [1.82, 2.24) is 0 Å². The number of ether oxygens (including phenoxy) is 1. The van der Waals surface area contributed by atoms with E-state index < -0.39 is 31.5 Å². The number of alkyl halides is 1. The maximum absolute atomic E-state index is 11.8. The number of hydrogen-bond donors (Lipinski definition) is 4. The number of aryl methyl sites for hydroxylation is 1. The normalized spacial score (nSPS) is 11.7. The predicted octanol–water partition coefficient (Wildman–Crippen LogP) is 0.686. The Morgan fingerprint density at radius 1 is 1.22 bits per heavy atom. The third-order valence-electron chi connectivity index (χ3n) is 3.64. The van der Waals surface area contributed by atoms with Crippen LogP contribution in [0.25, 0.3) is 0 Å². The molecule has 0 saturated heterocycles. The van der Waals surface area contributed by atoms with Crippen LogP contribution in [0.4, 0.5) is 11.4 Å². The minimum atomic E-state index is -4.21. The van der Waals surface area contributed by atoms with Crippen LogP contribution in [-0.2, 0) is 16.4 Å². The van der Waals surface area contributed by atoms with Gasteiger partial charge in [0.1, 0.15) is 16.3 Å². The highest BCUT2D eigenvalue weighted by atomic mass is 35.5. The second-order valence-electron chi connectivity index (χ2n) is 6.06. The minimum Gasteiger partial charge on any atom is -0.503 e. The Kier molecular flexibility index (Phi) is 6.34. The molecule has 0 aliphatic heterocycles. The number of halogens is 1. The number of phenols is 1. The van der Waals surface area contributed by atoms with Gasteiger partial charge in [0.2, 0.25) is 10.0 Å². The van der Waals surface area contributed by atoms with Crippen molar-refractivity contribution in [1.29, 1.82) is 0 Å². The number of benzene rings is 1. The number of nitrogens with one attached hydrogen (secondary N) is 2. The summed E-state index contributed by atoms with van der Waals surface area (Å²) in [5, 5.41) is 20.9. The van der Waals surface area contributed by atoms with Gasteiger partial charge in [-0.25, -0.2) is 13.6 Å². The fraction of sp³-hybridized carbons (Fsp3) is 0.375. The highest BCUT2D eigenvalue weighted by molar-refractivity contribution is 7.89. The van der Waals surface area contributed by atoms with Gasteiger partial charge in [0, 0.05) is 11.9 Å². The second-order valence-corrected chi connectivity index (χ2v) is 7.93. The zero-order valence-electron chi connectivity index (χ0n) is 14.7. The molecule has 27 heavy (non-hydrogen) atoms. The van der Waals surface area contributed by atoms with E-state index in [1.165, 1.54) is 12.1 Å². The molecule has 0 aliphatic rings. The number of anilines is 2. The van der Waals surface area contributed by atoms with Gasteiger partial charge in [0.05, 0.1) is 0 Å². The molecular weight excluding hydrogens is 398 g/mol. The fourth-order valence-electron chi connectivity index (χ4n) is 2.50. The summed E-state index contributed by atoms with van der Waals surface area (Å²) in [6.45, 7) is 3.34. The second kappa shape index (κ2) is 8.15. The van der Waals surface area contributed by atoms with Crippen molar-refractivity contribution in [2.45, 2.75) is 31.2 Å². The predicted molar refractivity (Wildman–Crippen MR) is 103 cm³/mol. The Hall–Kier alpha value is -2.30. The van der Waals surface area contributed by atoms with Crippen LogP contribution in [0.5, 0.6) is 11.5 Å². The first-order chi connectivity index (χ1) is 12.6. The summed E-state index contributed by atoms with van der Waals surface area (Å²) in [5.74, 6) is -0.658. The smallest absolute Gasteiger partial charge is 0.253 e. The van der Waals surface area contributed by atoms with E-state index in [9.17, 15) is 23.1 Å². The Balaban J connectivity index is 2.19. The molecule has 0 saturated carbocycles. The zero-order chi connectivity index (χ0) is 20.4. The van der Waals surface area contributed by atoms with Crippen molar-refractivity contribution in [2.75, 3.05) is 23.2 Å². The van der Waals surface area contributed by atoms with Gasteiger partial charge < -0.3 is 20.5 Å². The van der Waals surface area contributed by atoms with Gasteiger partial charge in [-0.15, -0.1) is 11.6 Å². The lowest BCUT2D eigenvalue weighted by atomic mass is 10.1. The molecule has 0 aliphatic carbocycles. The summed E-state index contributed by atoms with van der Waals surface area (Å²) >= 11 is 5.64. The molecule has 0 fully saturated rings. The summed E-state index contributed by atoms with van der Waals surface area (Å²) in [6.07, 6.45) is 0.188. The minimum absolute atomic E-state index is 0.0504. The van der Waals surface area contributed by atoms with E-state index in [0.717, 1.165) is 0 Å². The molecule has 148 valence electrons. The molecular formula is C16H20ClN3O6S. The van der Waals surface area contributed by atoms with Gasteiger partial charge in [-0.1, -0.05) is 6.07 Å². The van der Waals surface area contributed by atoms with E-state index in [4.69, 9.17) is 21.5 Å². The summed E-state index contributed by atoms with van der Waals surface area (Å²) in [4.78, 5) is 22.7. The quantitative estimate of drug-likeness (QED) is 0.264. The lowest BCUT2D eigenvalue weighted by Gasteiger charge is -2.18. The van der Waals surface area contributed by atoms with Crippen molar-refractivity contribution < 1.29 is 18.3 Å². The van der Waals surface area contributed by atoms with E-state index in [-0.39, 0.29) is 47.8 Å². The molecule has 0 spiro atoms. The molecule has 2 aromatic carbocycles. The molecule has 0 heterocycles. The van der Waals surface area contributed by atoms with Crippen molar-refractivity contribution in [3.05, 3.63) is 38.1 Å². The topological polar surface area (TPSA) is 148 Å². The molecule has 0 radical (unpaired) electrons. The van der Waals surface area contributed by atoms with Gasteiger partial charge in [-0.2, -0.15) is 0 Å². The van der Waals surface area contributed by atoms with Crippen LogP contribution >= 0.6 is 11.6 Å². The monoisotopic (exact) mass is 417 g/mol. The van der Waals surface area contributed by atoms with Crippen LogP contribution < -0.4 is 31.4 Å². The molecule has 0 aromatic heterocycles. The number of primary sulfonamides is 1. The van der Waals surface area contributed by atoms with Gasteiger partial charge in [0.15, 0.2) is 18.2 Å². The third kappa shape index (κ3) is 4.52. The average Bonchev–Trinajstić information content (AvgIpc) is 2.57. The summed E-state index contributed by atoms with van der Waals surface area (Å²) in [5.41, 5.74) is -0.829. The average molecular weight is 418 g/mol. The van der Waals surface area contributed by atoms with E-state index in [1.54, 1.807) is 0 Å². The van der Waals surface area contributed by atoms with Crippen molar-refractivity contribution in [3.63, 3.8) is 0 Å². The first-order valence-corrected chi connectivity index (χ1v) is 10.1. The zero-order valence-corrected chi connectivity index (χ0v) is 16.3. The number of hydrogen-bond acceptors (Lipinski definition) is 8. The molecule has 2 rings (SSSR count). The molecule has 0 unspecified atom stereocenters. The number of aromatic hydroxyl groups is 1. The molecule has 2 aromatic rings. The first-order valence-electron chi connectivity index (χ1n) is 7.98. The molecule has 0 bridgehead atoms. The van der Waals surface area contributed by atoms with Gasteiger partial charge in [0.25, 0.3) is 10.9 Å². The Morgan fingerprint density at radius 2 is 1.85 bits per heavy atom. The fourth-order valence-corrected chi connectivity index (χ4v) is 3.61. The standard InChI is InChI=1S/C16H20ClN3O6S/c1-8(2)20-12-11(14(22)15(12)23)19-7-26-10-4-3-9(5-6-17)16(13(10)21)27(18,24)25/h3-4,8,19-21H,5-7H2,1-2H3,(H2,18,24,25). The lowest BCUT2D eigenvalue weighted by molar-refractivity contribution is 0.319. The van der Waals surface area contributed by atoms with Crippen LogP contribution in [0.3, 0.4) is 0 Å². The Labute approximate surface area is 160 Å². The lowest BCUT2D eigenvalue weighted by Crippen LogP contribution is -2.39. The summed E-state index contributed by atoms with van der Waals surface area (Å²) < 4.78 is 28.8. The van der Waals surface area contributed by atoms with E-state index >= 15 is 0 Å². The molecule has 0 amide bonds. The number of phenolic OH excluding ortho intramolecular Hbond substituents is 1. The SMILES string of the molecule is CC(C)Nc1c(NCOc2ccc(CCCl)c(S(N)(=O)=O)c2O)c(=O)c1=O. The largest absolute Gasteiger partial charge is 0.503 e. The maximum Gasteiger partial charge on any atom is 0.253 e. The van der Waals surface area contributed by atoms with Gasteiger partial charge in [-0.05, 0) is 31.9 Å². The van der Waals surface area contributed by atoms with Crippen LogP contribution in [0.1, 0.15) is 19.4 Å². The van der Waals surface area contributed by atoms with E-state index in [2.05, 4.69) is 10.6 Å². The number of nitrogens with two attached hydrogens (primary N) is 1. The van der Waals surface area contributed by atoms with Crippen LogP contribution in [0.15, 0.2) is 26.6 Å². The molecule has 11 heteroatoms. The Bertz CT molecular complexity index is 1010.